The summed E-state index contributed by atoms with van der Waals surface area (Å²) in [5.41, 5.74) is 0.159. The Labute approximate surface area is 97.3 Å². The standard InChI is InChI=1S/C12H21ClO2/c1-12(2)10(13)7-11(12)15-8-9-3-5-14-6-4-9/h9-11H,3-8H2,1-2H3. The van der Waals surface area contributed by atoms with Gasteiger partial charge in [0, 0.05) is 30.6 Å². The van der Waals surface area contributed by atoms with Gasteiger partial charge in [0.1, 0.15) is 0 Å². The number of alkyl halides is 1. The molecule has 0 aromatic carbocycles. The van der Waals surface area contributed by atoms with Gasteiger partial charge in [-0.1, -0.05) is 13.8 Å². The van der Waals surface area contributed by atoms with Crippen molar-refractivity contribution in [2.24, 2.45) is 11.3 Å². The number of rotatable bonds is 3. The molecule has 1 aliphatic heterocycles. The van der Waals surface area contributed by atoms with Crippen molar-refractivity contribution in [3.8, 4) is 0 Å². The molecule has 0 N–H and O–H groups in total. The number of ether oxygens (including phenoxy) is 2. The molecule has 2 rings (SSSR count). The highest BCUT2D eigenvalue weighted by molar-refractivity contribution is 6.21. The maximum atomic E-state index is 6.16. The monoisotopic (exact) mass is 232 g/mol. The number of halogens is 1. The van der Waals surface area contributed by atoms with E-state index in [2.05, 4.69) is 13.8 Å². The van der Waals surface area contributed by atoms with Crippen LogP contribution in [0.25, 0.3) is 0 Å². The lowest BCUT2D eigenvalue weighted by atomic mass is 9.68. The summed E-state index contributed by atoms with van der Waals surface area (Å²) in [5.74, 6) is 0.698. The Balaban J connectivity index is 1.70. The average molecular weight is 233 g/mol. The van der Waals surface area contributed by atoms with Crippen LogP contribution < -0.4 is 0 Å². The van der Waals surface area contributed by atoms with Crippen molar-refractivity contribution in [3.63, 3.8) is 0 Å². The Kier molecular flexibility index (Phi) is 3.59. The fourth-order valence-electron chi connectivity index (χ4n) is 2.28. The number of hydrogen-bond acceptors (Lipinski definition) is 2. The lowest BCUT2D eigenvalue weighted by Gasteiger charge is -2.49. The van der Waals surface area contributed by atoms with E-state index in [-0.39, 0.29) is 10.8 Å². The SMILES string of the molecule is CC1(C)C(Cl)CC1OCC1CCOCC1. The predicted molar refractivity (Wildman–Crippen MR) is 61.3 cm³/mol. The molecule has 0 aromatic heterocycles. The van der Waals surface area contributed by atoms with Gasteiger partial charge in [0.2, 0.25) is 0 Å². The van der Waals surface area contributed by atoms with Crippen molar-refractivity contribution in [1.29, 1.82) is 0 Å². The molecule has 15 heavy (non-hydrogen) atoms. The fraction of sp³-hybridized carbons (Fsp3) is 1.00. The molecular formula is C12H21ClO2. The van der Waals surface area contributed by atoms with Crippen LogP contribution in [0.1, 0.15) is 33.1 Å². The summed E-state index contributed by atoms with van der Waals surface area (Å²) in [6, 6.07) is 0. The highest BCUT2D eigenvalue weighted by Gasteiger charge is 2.48. The van der Waals surface area contributed by atoms with Crippen molar-refractivity contribution >= 4 is 11.6 Å². The van der Waals surface area contributed by atoms with Gasteiger partial charge in [-0.15, -0.1) is 11.6 Å². The van der Waals surface area contributed by atoms with Gasteiger partial charge in [0.25, 0.3) is 0 Å². The molecule has 2 nitrogen and oxygen atoms in total. The molecule has 1 saturated carbocycles. The van der Waals surface area contributed by atoms with Crippen LogP contribution in [0.4, 0.5) is 0 Å². The van der Waals surface area contributed by atoms with E-state index in [0.717, 1.165) is 39.1 Å². The van der Waals surface area contributed by atoms with Crippen LogP contribution in [0.5, 0.6) is 0 Å². The van der Waals surface area contributed by atoms with Gasteiger partial charge in [-0.05, 0) is 25.2 Å². The van der Waals surface area contributed by atoms with Crippen molar-refractivity contribution in [2.45, 2.75) is 44.6 Å². The van der Waals surface area contributed by atoms with Crippen LogP contribution in [0, 0.1) is 11.3 Å². The Morgan fingerprint density at radius 3 is 2.53 bits per heavy atom. The van der Waals surface area contributed by atoms with E-state index in [1.807, 2.05) is 0 Å². The van der Waals surface area contributed by atoms with Crippen molar-refractivity contribution < 1.29 is 9.47 Å². The van der Waals surface area contributed by atoms with Crippen molar-refractivity contribution in [2.75, 3.05) is 19.8 Å². The second-order valence-corrected chi connectivity index (χ2v) is 5.93. The van der Waals surface area contributed by atoms with Crippen LogP contribution in [0.2, 0.25) is 0 Å². The van der Waals surface area contributed by atoms with Crippen molar-refractivity contribution in [1.82, 2.24) is 0 Å². The van der Waals surface area contributed by atoms with Gasteiger partial charge < -0.3 is 9.47 Å². The van der Waals surface area contributed by atoms with Gasteiger partial charge in [-0.25, -0.2) is 0 Å². The second-order valence-electron chi connectivity index (χ2n) is 5.40. The zero-order valence-electron chi connectivity index (χ0n) is 9.67. The Hall–Kier alpha value is 0.210. The third kappa shape index (κ3) is 2.48. The summed E-state index contributed by atoms with van der Waals surface area (Å²) in [6.45, 7) is 7.09. The van der Waals surface area contributed by atoms with Gasteiger partial charge in [0.15, 0.2) is 0 Å². The zero-order chi connectivity index (χ0) is 10.9. The first-order valence-electron chi connectivity index (χ1n) is 5.94. The van der Waals surface area contributed by atoms with Gasteiger partial charge in [-0.2, -0.15) is 0 Å². The molecule has 2 atom stereocenters. The second kappa shape index (κ2) is 4.60. The summed E-state index contributed by atoms with van der Waals surface area (Å²) in [6.07, 6.45) is 3.68. The Morgan fingerprint density at radius 2 is 2.00 bits per heavy atom. The molecule has 0 amide bonds. The topological polar surface area (TPSA) is 18.5 Å². The van der Waals surface area contributed by atoms with E-state index in [1.165, 1.54) is 0 Å². The quantitative estimate of drug-likeness (QED) is 0.697. The molecule has 0 spiro atoms. The summed E-state index contributed by atoms with van der Waals surface area (Å²) in [5, 5.41) is 0.289. The van der Waals surface area contributed by atoms with E-state index < -0.39 is 0 Å². The minimum Gasteiger partial charge on any atom is -0.381 e. The minimum atomic E-state index is 0.159. The molecule has 2 fully saturated rings. The van der Waals surface area contributed by atoms with E-state index >= 15 is 0 Å². The molecule has 2 aliphatic rings. The third-order valence-electron chi connectivity index (χ3n) is 3.93. The van der Waals surface area contributed by atoms with Crippen LogP contribution >= 0.6 is 11.6 Å². The molecule has 0 aromatic rings. The molecule has 1 saturated heterocycles. The number of hydrogen-bond donors (Lipinski definition) is 0. The summed E-state index contributed by atoms with van der Waals surface area (Å²) >= 11 is 6.16. The zero-order valence-corrected chi connectivity index (χ0v) is 10.4. The molecule has 0 bridgehead atoms. The molecular weight excluding hydrogens is 212 g/mol. The maximum absolute atomic E-state index is 6.16. The average Bonchev–Trinajstić information content (AvgIpc) is 2.25. The first-order chi connectivity index (χ1) is 7.10. The molecule has 1 heterocycles. The lowest BCUT2D eigenvalue weighted by molar-refractivity contribution is -0.107. The van der Waals surface area contributed by atoms with Crippen LogP contribution in [-0.4, -0.2) is 31.3 Å². The first-order valence-corrected chi connectivity index (χ1v) is 6.37. The van der Waals surface area contributed by atoms with Crippen LogP contribution in [0.15, 0.2) is 0 Å². The third-order valence-corrected chi connectivity index (χ3v) is 4.67. The first kappa shape index (κ1) is 11.7. The molecule has 3 heteroatoms. The van der Waals surface area contributed by atoms with Gasteiger partial charge in [-0.3, -0.25) is 0 Å². The van der Waals surface area contributed by atoms with E-state index in [1.54, 1.807) is 0 Å². The highest BCUT2D eigenvalue weighted by Crippen LogP contribution is 2.46. The van der Waals surface area contributed by atoms with Crippen LogP contribution in [0.3, 0.4) is 0 Å². The largest absolute Gasteiger partial charge is 0.381 e. The smallest absolute Gasteiger partial charge is 0.0654 e. The Morgan fingerprint density at radius 1 is 1.33 bits per heavy atom. The van der Waals surface area contributed by atoms with Crippen molar-refractivity contribution in [3.05, 3.63) is 0 Å². The van der Waals surface area contributed by atoms with Gasteiger partial charge >= 0.3 is 0 Å². The molecule has 1 aliphatic carbocycles. The highest BCUT2D eigenvalue weighted by atomic mass is 35.5. The molecule has 2 unspecified atom stereocenters. The normalized spacial score (nSPS) is 36.2. The summed E-state index contributed by atoms with van der Waals surface area (Å²) in [7, 11) is 0. The van der Waals surface area contributed by atoms with E-state index in [4.69, 9.17) is 21.1 Å². The Bertz CT molecular complexity index is 212. The van der Waals surface area contributed by atoms with Crippen LogP contribution in [-0.2, 0) is 9.47 Å². The minimum absolute atomic E-state index is 0.159. The van der Waals surface area contributed by atoms with E-state index in [0.29, 0.717) is 12.0 Å². The predicted octanol–water partition coefficient (Wildman–Crippen LogP) is 2.84. The van der Waals surface area contributed by atoms with E-state index in [9.17, 15) is 0 Å². The molecule has 0 radical (unpaired) electrons. The summed E-state index contributed by atoms with van der Waals surface area (Å²) in [4.78, 5) is 0. The van der Waals surface area contributed by atoms with Gasteiger partial charge in [0.05, 0.1) is 6.10 Å². The maximum Gasteiger partial charge on any atom is 0.0654 e. The lowest BCUT2D eigenvalue weighted by Crippen LogP contribution is -2.52. The fourth-order valence-corrected chi connectivity index (χ4v) is 2.59. The molecule has 88 valence electrons. The summed E-state index contributed by atoms with van der Waals surface area (Å²) < 4.78 is 11.3.